The molecular weight excluding hydrogens is 426 g/mol. The molecule has 4 aromatic rings. The zero-order valence-corrected chi connectivity index (χ0v) is 19.4. The number of aromatic amines is 2. The maximum atomic E-state index is 12.6. The zero-order chi connectivity index (χ0) is 23.7. The summed E-state index contributed by atoms with van der Waals surface area (Å²) in [7, 11) is 0. The average molecular weight is 452 g/mol. The van der Waals surface area contributed by atoms with Gasteiger partial charge in [-0.1, -0.05) is 11.8 Å². The summed E-state index contributed by atoms with van der Waals surface area (Å²) in [5.41, 5.74) is 4.79. The van der Waals surface area contributed by atoms with Crippen LogP contribution in [0.1, 0.15) is 56.6 Å². The molecule has 2 aromatic heterocycles. The molecule has 0 saturated carbocycles. The lowest BCUT2D eigenvalue weighted by Crippen LogP contribution is -2.36. The fraction of sp³-hybridized carbons (Fsp3) is 0.296. The number of likely N-dealkylation sites (tertiary alicyclic amines) is 1. The van der Waals surface area contributed by atoms with E-state index in [0.717, 1.165) is 51.9 Å². The van der Waals surface area contributed by atoms with E-state index in [1.54, 1.807) is 11.2 Å². The standard InChI is InChI=1S/C27H25N5O2/c1-27(2,3)34-26(33)32-14-6-9-24(32)25-30-21-13-11-19(16-23(21)31-25)8-5-4-7-18-10-12-20-22(15-18)29-17-28-20/h10-13,15-17,24H,6,9,14H2,1-3H3,(H,28,29)(H,30,31). The third-order valence-electron chi connectivity index (χ3n) is 5.59. The van der Waals surface area contributed by atoms with Crippen molar-refractivity contribution in [2.45, 2.75) is 45.3 Å². The molecule has 170 valence electrons. The van der Waals surface area contributed by atoms with Gasteiger partial charge in [-0.15, -0.1) is 0 Å². The van der Waals surface area contributed by atoms with Gasteiger partial charge in [0.1, 0.15) is 11.4 Å². The molecule has 7 heteroatoms. The van der Waals surface area contributed by atoms with Crippen molar-refractivity contribution in [3.8, 4) is 23.7 Å². The van der Waals surface area contributed by atoms with Gasteiger partial charge >= 0.3 is 6.09 Å². The predicted octanol–water partition coefficient (Wildman–Crippen LogP) is 4.91. The van der Waals surface area contributed by atoms with Crippen molar-refractivity contribution < 1.29 is 9.53 Å². The molecule has 1 fully saturated rings. The van der Waals surface area contributed by atoms with Crippen LogP contribution in [0.4, 0.5) is 4.79 Å². The van der Waals surface area contributed by atoms with Gasteiger partial charge in [-0.05, 0) is 81.9 Å². The minimum Gasteiger partial charge on any atom is -0.444 e. The summed E-state index contributed by atoms with van der Waals surface area (Å²) in [5, 5.41) is 0. The van der Waals surface area contributed by atoms with E-state index in [-0.39, 0.29) is 12.1 Å². The van der Waals surface area contributed by atoms with Crippen LogP contribution < -0.4 is 0 Å². The number of hydrogen-bond acceptors (Lipinski definition) is 4. The Hall–Kier alpha value is -4.23. The Morgan fingerprint density at radius 1 is 1.06 bits per heavy atom. The Labute approximate surface area is 197 Å². The molecule has 7 nitrogen and oxygen atoms in total. The maximum absolute atomic E-state index is 12.6. The summed E-state index contributed by atoms with van der Waals surface area (Å²) in [5.74, 6) is 12.8. The molecular formula is C27H25N5O2. The van der Waals surface area contributed by atoms with Gasteiger partial charge in [-0.3, -0.25) is 4.90 Å². The van der Waals surface area contributed by atoms with Crippen molar-refractivity contribution in [3.63, 3.8) is 0 Å². The SMILES string of the molecule is CC(C)(C)OC(=O)N1CCCC1c1nc2ccc(C#CC#Cc3ccc4nc[nH]c4c3)cc2[nH]1. The first-order valence-corrected chi connectivity index (χ1v) is 11.3. The number of nitrogens with one attached hydrogen (secondary N) is 2. The number of H-pyrrole nitrogens is 2. The first-order chi connectivity index (χ1) is 16.4. The van der Waals surface area contributed by atoms with Crippen molar-refractivity contribution in [1.82, 2.24) is 24.8 Å². The van der Waals surface area contributed by atoms with Crippen LogP contribution in [0.15, 0.2) is 42.7 Å². The van der Waals surface area contributed by atoms with Crippen LogP contribution in [0, 0.1) is 23.7 Å². The van der Waals surface area contributed by atoms with Crippen LogP contribution in [-0.2, 0) is 4.74 Å². The number of nitrogens with zero attached hydrogens (tertiary/aromatic N) is 3. The van der Waals surface area contributed by atoms with Gasteiger partial charge in [-0.2, -0.15) is 0 Å². The first-order valence-electron chi connectivity index (χ1n) is 11.3. The van der Waals surface area contributed by atoms with Crippen LogP contribution in [0.25, 0.3) is 22.1 Å². The highest BCUT2D eigenvalue weighted by molar-refractivity contribution is 5.78. The predicted molar refractivity (Wildman–Crippen MR) is 131 cm³/mol. The molecule has 1 atom stereocenters. The Morgan fingerprint density at radius 3 is 2.50 bits per heavy atom. The minimum atomic E-state index is -0.527. The van der Waals surface area contributed by atoms with Crippen LogP contribution in [-0.4, -0.2) is 43.1 Å². The lowest BCUT2D eigenvalue weighted by molar-refractivity contribution is 0.0219. The second kappa shape index (κ2) is 8.61. The van der Waals surface area contributed by atoms with Gasteiger partial charge in [0.05, 0.1) is 34.4 Å². The lowest BCUT2D eigenvalue weighted by atomic mass is 10.2. The highest BCUT2D eigenvalue weighted by Gasteiger charge is 2.34. The van der Waals surface area contributed by atoms with Crippen LogP contribution in [0.3, 0.4) is 0 Å². The molecule has 1 aliphatic rings. The summed E-state index contributed by atoms with van der Waals surface area (Å²) in [6.45, 7) is 6.30. The third kappa shape index (κ3) is 4.60. The molecule has 34 heavy (non-hydrogen) atoms. The van der Waals surface area contributed by atoms with E-state index >= 15 is 0 Å². The molecule has 3 heterocycles. The van der Waals surface area contributed by atoms with Crippen molar-refractivity contribution in [1.29, 1.82) is 0 Å². The zero-order valence-electron chi connectivity index (χ0n) is 19.4. The molecule has 1 unspecified atom stereocenters. The fourth-order valence-corrected chi connectivity index (χ4v) is 4.08. The molecule has 0 spiro atoms. The normalized spacial score (nSPS) is 15.6. The monoisotopic (exact) mass is 451 g/mol. The topological polar surface area (TPSA) is 86.9 Å². The van der Waals surface area contributed by atoms with Crippen LogP contribution in [0.5, 0.6) is 0 Å². The van der Waals surface area contributed by atoms with Gasteiger partial charge in [0, 0.05) is 17.7 Å². The number of imidazole rings is 2. The van der Waals surface area contributed by atoms with Crippen molar-refractivity contribution in [2.24, 2.45) is 0 Å². The Morgan fingerprint density at radius 2 is 1.76 bits per heavy atom. The summed E-state index contributed by atoms with van der Waals surface area (Å²) in [4.78, 5) is 29.8. The van der Waals surface area contributed by atoms with Crippen molar-refractivity contribution in [2.75, 3.05) is 6.54 Å². The number of aromatic nitrogens is 4. The summed E-state index contributed by atoms with van der Waals surface area (Å²) < 4.78 is 5.58. The molecule has 5 rings (SSSR count). The van der Waals surface area contributed by atoms with Gasteiger partial charge in [0.2, 0.25) is 0 Å². The summed E-state index contributed by atoms with van der Waals surface area (Å²) >= 11 is 0. The second-order valence-corrected chi connectivity index (χ2v) is 9.32. The number of rotatable bonds is 1. The van der Waals surface area contributed by atoms with Gasteiger partial charge < -0.3 is 14.7 Å². The largest absolute Gasteiger partial charge is 0.444 e. The first kappa shape index (κ1) is 21.6. The lowest BCUT2D eigenvalue weighted by Gasteiger charge is -2.27. The van der Waals surface area contributed by atoms with E-state index in [1.165, 1.54) is 0 Å². The number of carbonyl (C=O) groups excluding carboxylic acids is 1. The number of carbonyl (C=O) groups is 1. The number of fused-ring (bicyclic) bond motifs is 2. The molecule has 0 radical (unpaired) electrons. The fourth-order valence-electron chi connectivity index (χ4n) is 4.08. The van der Waals surface area contributed by atoms with Crippen molar-refractivity contribution >= 4 is 28.2 Å². The number of hydrogen-bond donors (Lipinski definition) is 2. The van der Waals surface area contributed by atoms with Gasteiger partial charge in [-0.25, -0.2) is 14.8 Å². The molecule has 1 aliphatic heterocycles. The van der Waals surface area contributed by atoms with Gasteiger partial charge in [0.25, 0.3) is 0 Å². The minimum absolute atomic E-state index is 0.116. The molecule has 1 saturated heterocycles. The molecule has 0 bridgehead atoms. The highest BCUT2D eigenvalue weighted by atomic mass is 16.6. The summed E-state index contributed by atoms with van der Waals surface area (Å²) in [6, 6.07) is 11.5. The smallest absolute Gasteiger partial charge is 0.410 e. The van der Waals surface area contributed by atoms with E-state index in [2.05, 4.69) is 38.6 Å². The molecule has 2 aromatic carbocycles. The van der Waals surface area contributed by atoms with Crippen molar-refractivity contribution in [3.05, 3.63) is 59.7 Å². The third-order valence-corrected chi connectivity index (χ3v) is 5.59. The van der Waals surface area contributed by atoms with Gasteiger partial charge in [0.15, 0.2) is 0 Å². The van der Waals surface area contributed by atoms with E-state index in [1.807, 2.05) is 57.2 Å². The Kier molecular flexibility index (Phi) is 5.47. The number of ether oxygens (including phenoxy) is 1. The Balaban J connectivity index is 1.33. The maximum Gasteiger partial charge on any atom is 0.410 e. The van der Waals surface area contributed by atoms with E-state index < -0.39 is 5.60 Å². The molecule has 0 aliphatic carbocycles. The quantitative estimate of drug-likeness (QED) is 0.403. The number of amides is 1. The Bertz CT molecular complexity index is 1500. The van der Waals surface area contributed by atoms with E-state index in [4.69, 9.17) is 9.72 Å². The molecule has 1 amide bonds. The van der Waals surface area contributed by atoms with Crippen LogP contribution in [0.2, 0.25) is 0 Å². The number of benzene rings is 2. The highest BCUT2D eigenvalue weighted by Crippen LogP contribution is 2.32. The van der Waals surface area contributed by atoms with E-state index in [9.17, 15) is 4.79 Å². The van der Waals surface area contributed by atoms with E-state index in [0.29, 0.717) is 6.54 Å². The average Bonchev–Trinajstić information content (AvgIpc) is 3.53. The second-order valence-electron chi connectivity index (χ2n) is 9.32. The summed E-state index contributed by atoms with van der Waals surface area (Å²) in [6.07, 6.45) is 3.14. The van der Waals surface area contributed by atoms with Crippen LogP contribution >= 0.6 is 0 Å². The molecule has 2 N–H and O–H groups in total.